The lowest BCUT2D eigenvalue weighted by Crippen LogP contribution is -2.37. The van der Waals surface area contributed by atoms with Crippen molar-refractivity contribution in [2.24, 2.45) is 5.73 Å². The summed E-state index contributed by atoms with van der Waals surface area (Å²) in [5.41, 5.74) is 5.70. The largest absolute Gasteiger partial charge is 0.339 e. The Morgan fingerprint density at radius 3 is 3.06 bits per heavy atom. The molecule has 0 spiro atoms. The van der Waals surface area contributed by atoms with Gasteiger partial charge in [0.2, 0.25) is 5.89 Å². The minimum atomic E-state index is 0.0701. The van der Waals surface area contributed by atoms with Gasteiger partial charge in [0.25, 0.3) is 0 Å². The molecule has 1 saturated heterocycles. The first-order valence-electron chi connectivity index (χ1n) is 6.42. The van der Waals surface area contributed by atoms with E-state index in [1.165, 1.54) is 25.8 Å². The van der Waals surface area contributed by atoms with Crippen LogP contribution < -0.4 is 5.73 Å². The van der Waals surface area contributed by atoms with Crippen molar-refractivity contribution in [2.75, 3.05) is 13.6 Å². The van der Waals surface area contributed by atoms with Crippen molar-refractivity contribution in [2.45, 2.75) is 51.1 Å². The normalized spacial score (nSPS) is 23.8. The van der Waals surface area contributed by atoms with Crippen molar-refractivity contribution in [3.8, 4) is 0 Å². The van der Waals surface area contributed by atoms with E-state index in [4.69, 9.17) is 10.3 Å². The van der Waals surface area contributed by atoms with Crippen LogP contribution in [0.1, 0.15) is 37.9 Å². The summed E-state index contributed by atoms with van der Waals surface area (Å²) in [5.74, 6) is 1.48. The molecule has 2 rings (SSSR count). The average molecular weight is 238 g/mol. The minimum absolute atomic E-state index is 0.0701. The molecule has 1 aliphatic heterocycles. The van der Waals surface area contributed by atoms with Gasteiger partial charge in [-0.05, 0) is 33.4 Å². The van der Waals surface area contributed by atoms with Crippen LogP contribution in [0.5, 0.6) is 0 Å². The minimum Gasteiger partial charge on any atom is -0.339 e. The van der Waals surface area contributed by atoms with Crippen molar-refractivity contribution in [1.82, 2.24) is 15.0 Å². The summed E-state index contributed by atoms with van der Waals surface area (Å²) in [6, 6.07) is 0.630. The zero-order valence-electron chi connectivity index (χ0n) is 10.7. The molecule has 2 atom stereocenters. The van der Waals surface area contributed by atoms with Crippen molar-refractivity contribution in [1.29, 1.82) is 0 Å². The van der Waals surface area contributed by atoms with Crippen LogP contribution in [0.4, 0.5) is 0 Å². The van der Waals surface area contributed by atoms with E-state index in [2.05, 4.69) is 22.1 Å². The van der Waals surface area contributed by atoms with Gasteiger partial charge in [0.1, 0.15) is 0 Å². The van der Waals surface area contributed by atoms with Gasteiger partial charge in [-0.3, -0.25) is 0 Å². The predicted octanol–water partition coefficient (Wildman–Crippen LogP) is 0.986. The molecular weight excluding hydrogens is 216 g/mol. The molecule has 2 heterocycles. The Balaban J connectivity index is 1.91. The van der Waals surface area contributed by atoms with E-state index in [-0.39, 0.29) is 6.04 Å². The van der Waals surface area contributed by atoms with E-state index in [1.807, 2.05) is 6.92 Å². The molecule has 2 unspecified atom stereocenters. The summed E-state index contributed by atoms with van der Waals surface area (Å²) in [6.45, 7) is 3.12. The highest BCUT2D eigenvalue weighted by Gasteiger charge is 2.21. The zero-order chi connectivity index (χ0) is 12.3. The van der Waals surface area contributed by atoms with Crippen LogP contribution in [0.2, 0.25) is 0 Å². The van der Waals surface area contributed by atoms with Crippen molar-refractivity contribution in [3.63, 3.8) is 0 Å². The molecule has 5 nitrogen and oxygen atoms in total. The average Bonchev–Trinajstić information content (AvgIpc) is 2.68. The molecule has 17 heavy (non-hydrogen) atoms. The van der Waals surface area contributed by atoms with Crippen LogP contribution in [0.25, 0.3) is 0 Å². The molecule has 0 saturated carbocycles. The van der Waals surface area contributed by atoms with E-state index in [9.17, 15) is 0 Å². The van der Waals surface area contributed by atoms with E-state index < -0.39 is 0 Å². The summed E-state index contributed by atoms with van der Waals surface area (Å²) in [6.07, 6.45) is 5.38. The highest BCUT2D eigenvalue weighted by Crippen LogP contribution is 2.18. The van der Waals surface area contributed by atoms with E-state index in [0.29, 0.717) is 18.4 Å². The Hall–Kier alpha value is -0.940. The van der Waals surface area contributed by atoms with Gasteiger partial charge in [-0.15, -0.1) is 0 Å². The molecule has 1 fully saturated rings. The SMILES string of the molecule is CC(N)Cc1nc(CC2CCCCN2C)no1. The van der Waals surface area contributed by atoms with Crippen LogP contribution in [-0.2, 0) is 12.8 Å². The third kappa shape index (κ3) is 3.51. The lowest BCUT2D eigenvalue weighted by atomic mass is 10.00. The fourth-order valence-electron chi connectivity index (χ4n) is 2.34. The highest BCUT2D eigenvalue weighted by molar-refractivity contribution is 4.92. The van der Waals surface area contributed by atoms with Crippen molar-refractivity contribution in [3.05, 3.63) is 11.7 Å². The third-order valence-electron chi connectivity index (χ3n) is 3.35. The maximum absolute atomic E-state index is 5.70. The Morgan fingerprint density at radius 2 is 2.35 bits per heavy atom. The Bertz CT molecular complexity index is 350. The monoisotopic (exact) mass is 238 g/mol. The molecule has 0 amide bonds. The Morgan fingerprint density at radius 1 is 1.53 bits per heavy atom. The van der Waals surface area contributed by atoms with Crippen molar-refractivity contribution < 1.29 is 4.52 Å². The van der Waals surface area contributed by atoms with Gasteiger partial charge in [-0.1, -0.05) is 11.6 Å². The maximum Gasteiger partial charge on any atom is 0.228 e. The summed E-state index contributed by atoms with van der Waals surface area (Å²) < 4.78 is 5.19. The number of piperidine rings is 1. The number of likely N-dealkylation sites (tertiary alicyclic amines) is 1. The Labute approximate surface area is 102 Å². The summed E-state index contributed by atoms with van der Waals surface area (Å²) in [7, 11) is 2.17. The molecule has 0 bridgehead atoms. The summed E-state index contributed by atoms with van der Waals surface area (Å²) in [5, 5.41) is 4.03. The maximum atomic E-state index is 5.70. The van der Waals surface area contributed by atoms with Crippen LogP contribution >= 0.6 is 0 Å². The molecule has 0 aliphatic carbocycles. The molecule has 1 aromatic heterocycles. The van der Waals surface area contributed by atoms with Gasteiger partial charge in [-0.25, -0.2) is 0 Å². The number of hydrogen-bond acceptors (Lipinski definition) is 5. The van der Waals surface area contributed by atoms with Gasteiger partial charge >= 0.3 is 0 Å². The van der Waals surface area contributed by atoms with Crippen LogP contribution in [0.15, 0.2) is 4.52 Å². The lowest BCUT2D eigenvalue weighted by Gasteiger charge is -2.31. The highest BCUT2D eigenvalue weighted by atomic mass is 16.5. The first-order valence-corrected chi connectivity index (χ1v) is 6.42. The summed E-state index contributed by atoms with van der Waals surface area (Å²) >= 11 is 0. The van der Waals surface area contributed by atoms with Crippen molar-refractivity contribution >= 4 is 0 Å². The van der Waals surface area contributed by atoms with E-state index >= 15 is 0 Å². The standard InChI is InChI=1S/C12H22N4O/c1-9(13)7-12-14-11(15-17-12)8-10-5-3-4-6-16(10)2/h9-10H,3-8,13H2,1-2H3. The fraction of sp³-hybridized carbons (Fsp3) is 0.833. The zero-order valence-corrected chi connectivity index (χ0v) is 10.7. The lowest BCUT2D eigenvalue weighted by molar-refractivity contribution is 0.181. The van der Waals surface area contributed by atoms with Crippen LogP contribution in [0, 0.1) is 0 Å². The third-order valence-corrected chi connectivity index (χ3v) is 3.35. The number of rotatable bonds is 4. The molecule has 2 N–H and O–H groups in total. The second-order valence-electron chi connectivity index (χ2n) is 5.12. The molecular formula is C12H22N4O. The van der Waals surface area contributed by atoms with Gasteiger partial charge in [0, 0.05) is 24.9 Å². The topological polar surface area (TPSA) is 68.2 Å². The fourth-order valence-corrected chi connectivity index (χ4v) is 2.34. The molecule has 5 heteroatoms. The first kappa shape index (κ1) is 12.5. The second kappa shape index (κ2) is 5.60. The molecule has 96 valence electrons. The Kier molecular flexibility index (Phi) is 4.12. The first-order chi connectivity index (χ1) is 8.15. The number of nitrogens with zero attached hydrogens (tertiary/aromatic N) is 3. The van der Waals surface area contributed by atoms with E-state index in [0.717, 1.165) is 12.2 Å². The van der Waals surface area contributed by atoms with E-state index in [1.54, 1.807) is 0 Å². The second-order valence-corrected chi connectivity index (χ2v) is 5.12. The van der Waals surface area contributed by atoms with Crippen LogP contribution in [-0.4, -0.2) is 40.7 Å². The quantitative estimate of drug-likeness (QED) is 0.847. The number of aromatic nitrogens is 2. The van der Waals surface area contributed by atoms with Gasteiger partial charge in [0.15, 0.2) is 5.82 Å². The van der Waals surface area contributed by atoms with Crippen LogP contribution in [0.3, 0.4) is 0 Å². The molecule has 1 aromatic rings. The number of hydrogen-bond donors (Lipinski definition) is 1. The predicted molar refractivity (Wildman–Crippen MR) is 65.6 cm³/mol. The molecule has 0 aromatic carbocycles. The smallest absolute Gasteiger partial charge is 0.228 e. The van der Waals surface area contributed by atoms with Gasteiger partial charge in [-0.2, -0.15) is 4.98 Å². The van der Waals surface area contributed by atoms with Gasteiger partial charge < -0.3 is 15.2 Å². The van der Waals surface area contributed by atoms with Gasteiger partial charge in [0.05, 0.1) is 0 Å². The number of likely N-dealkylation sites (N-methyl/N-ethyl adjacent to an activating group) is 1. The molecule has 1 aliphatic rings. The number of nitrogens with two attached hydrogens (primary N) is 1. The summed E-state index contributed by atoms with van der Waals surface area (Å²) in [4.78, 5) is 6.79. The molecule has 0 radical (unpaired) electrons.